The van der Waals surface area contributed by atoms with Gasteiger partial charge in [-0.25, -0.2) is 4.57 Å². The van der Waals surface area contributed by atoms with E-state index >= 15 is 0 Å². The minimum Gasteiger partial charge on any atom is -0.387 e. The maximum absolute atomic E-state index is 12.8. The number of hydrogen-bond acceptors (Lipinski definition) is 5. The number of phosphoric ester groups is 1. The summed E-state index contributed by atoms with van der Waals surface area (Å²) in [5.41, 5.74) is 0. The fourth-order valence-corrected chi connectivity index (χ4v) is 6.26. The summed E-state index contributed by atoms with van der Waals surface area (Å²) >= 11 is 0. The van der Waals surface area contributed by atoms with Gasteiger partial charge in [-0.2, -0.15) is 0 Å². The number of likely N-dealkylation sites (N-methyl/N-ethyl adjacent to an activating group) is 1. The van der Waals surface area contributed by atoms with E-state index in [0.29, 0.717) is 17.4 Å². The molecule has 0 bridgehead atoms. The van der Waals surface area contributed by atoms with Crippen LogP contribution in [0.25, 0.3) is 0 Å². The molecule has 0 aromatic carbocycles. The highest BCUT2D eigenvalue weighted by atomic mass is 31.2. The summed E-state index contributed by atoms with van der Waals surface area (Å²) in [6, 6.07) is -0.867. The number of amides is 1. The number of carbonyl (C=O) groups is 1. The number of carbonyl (C=O) groups excluding carboxylic acids is 1. The molecule has 0 aliphatic heterocycles. The molecule has 0 aromatic heterocycles. The molecule has 0 fully saturated rings. The Morgan fingerprint density at radius 2 is 1.10 bits per heavy atom. The van der Waals surface area contributed by atoms with Crippen LogP contribution in [0.4, 0.5) is 0 Å². The molecule has 1 amide bonds. The van der Waals surface area contributed by atoms with E-state index in [1.165, 1.54) is 96.3 Å². The van der Waals surface area contributed by atoms with Crippen molar-refractivity contribution in [3.05, 3.63) is 36.5 Å². The first-order chi connectivity index (χ1) is 24.0. The number of phosphoric acid groups is 1. The van der Waals surface area contributed by atoms with Crippen molar-refractivity contribution in [2.45, 2.75) is 180 Å². The Kier molecular flexibility index (Phi) is 32.7. The predicted octanol–water partition coefficient (Wildman–Crippen LogP) is 10.7. The van der Waals surface area contributed by atoms with Crippen LogP contribution >= 0.6 is 7.82 Å². The molecule has 0 saturated heterocycles. The van der Waals surface area contributed by atoms with Crippen LogP contribution in [-0.4, -0.2) is 73.4 Å². The van der Waals surface area contributed by atoms with Crippen LogP contribution in [0.5, 0.6) is 0 Å². The minimum absolute atomic E-state index is 0.0532. The SMILES string of the molecule is CCCCCCCC/C=C\CCCCCC(=O)NC(COP(=O)(O)OCC[N+](C)(C)C)C(O)/C=C/CC/C=C/CCCCCCCCCCC. The Morgan fingerprint density at radius 3 is 1.60 bits per heavy atom. The molecule has 3 N–H and O–H groups in total. The number of nitrogens with one attached hydrogen (secondary N) is 1. The van der Waals surface area contributed by atoms with Crippen LogP contribution in [0.1, 0.15) is 168 Å². The van der Waals surface area contributed by atoms with Crippen LogP contribution < -0.4 is 5.32 Å². The molecule has 0 saturated carbocycles. The maximum Gasteiger partial charge on any atom is 0.472 e. The van der Waals surface area contributed by atoms with Crippen molar-refractivity contribution in [2.24, 2.45) is 0 Å². The van der Waals surface area contributed by atoms with E-state index in [2.05, 4.69) is 43.5 Å². The van der Waals surface area contributed by atoms with Gasteiger partial charge in [-0.15, -0.1) is 0 Å². The molecule has 0 spiro atoms. The van der Waals surface area contributed by atoms with E-state index in [0.717, 1.165) is 51.4 Å². The fraction of sp³-hybridized carbons (Fsp3) is 0.829. The summed E-state index contributed by atoms with van der Waals surface area (Å²) in [6.07, 6.45) is 39.2. The highest BCUT2D eigenvalue weighted by Crippen LogP contribution is 2.43. The largest absolute Gasteiger partial charge is 0.472 e. The number of rotatable bonds is 36. The van der Waals surface area contributed by atoms with E-state index in [-0.39, 0.29) is 19.1 Å². The third kappa shape index (κ3) is 35.1. The van der Waals surface area contributed by atoms with Gasteiger partial charge in [-0.1, -0.05) is 140 Å². The zero-order valence-corrected chi connectivity index (χ0v) is 34.0. The zero-order valence-electron chi connectivity index (χ0n) is 33.1. The highest BCUT2D eigenvalue weighted by molar-refractivity contribution is 7.47. The lowest BCUT2D eigenvalue weighted by Gasteiger charge is -2.25. The van der Waals surface area contributed by atoms with Gasteiger partial charge in [0.15, 0.2) is 0 Å². The summed E-state index contributed by atoms with van der Waals surface area (Å²) in [6.45, 7) is 4.75. The summed E-state index contributed by atoms with van der Waals surface area (Å²) in [5, 5.41) is 13.7. The van der Waals surface area contributed by atoms with E-state index in [1.807, 2.05) is 27.2 Å². The third-order valence-electron chi connectivity index (χ3n) is 8.83. The molecule has 0 aromatic rings. The van der Waals surface area contributed by atoms with Crippen molar-refractivity contribution in [3.63, 3.8) is 0 Å². The standard InChI is InChI=1S/C41H79N2O6P/c1-6-8-10-12-14-16-18-20-21-23-24-26-28-30-32-34-40(44)39(38-49-50(46,47)48-37-36-43(3,4)5)42-41(45)35-33-31-29-27-25-22-19-17-15-13-11-9-7-2/h22,24-26,32,34,39-40,44H,6-21,23,27-31,33,35-38H2,1-5H3,(H-,42,45,46,47)/p+1/b25-22-,26-24+,34-32+. The number of nitrogens with zero attached hydrogens (tertiary/aromatic N) is 1. The van der Waals surface area contributed by atoms with E-state index < -0.39 is 20.0 Å². The average Bonchev–Trinajstić information content (AvgIpc) is 3.06. The second-order valence-electron chi connectivity index (χ2n) is 15.0. The first-order valence-corrected chi connectivity index (χ1v) is 21.9. The van der Waals surface area contributed by atoms with Crippen molar-refractivity contribution in [2.75, 3.05) is 40.9 Å². The molecule has 294 valence electrons. The predicted molar refractivity (Wildman–Crippen MR) is 212 cm³/mol. The van der Waals surface area contributed by atoms with E-state index in [9.17, 15) is 19.4 Å². The average molecular weight is 728 g/mol. The number of quaternary nitrogens is 1. The Labute approximate surface area is 308 Å². The quantitative estimate of drug-likeness (QED) is 0.0257. The topological polar surface area (TPSA) is 105 Å². The molecule has 3 atom stereocenters. The number of aliphatic hydroxyl groups is 1. The Morgan fingerprint density at radius 1 is 0.660 bits per heavy atom. The Hall–Kier alpha value is -1.28. The normalized spacial score (nSPS) is 14.9. The van der Waals surface area contributed by atoms with Crippen molar-refractivity contribution in [3.8, 4) is 0 Å². The number of aliphatic hydroxyl groups excluding tert-OH is 1. The lowest BCUT2D eigenvalue weighted by Crippen LogP contribution is -2.45. The lowest BCUT2D eigenvalue weighted by atomic mass is 10.1. The van der Waals surface area contributed by atoms with Gasteiger partial charge in [-0.05, 0) is 57.8 Å². The second-order valence-corrected chi connectivity index (χ2v) is 16.5. The molecule has 0 aliphatic rings. The maximum atomic E-state index is 12.8. The molecular weight excluding hydrogens is 647 g/mol. The summed E-state index contributed by atoms with van der Waals surface area (Å²) < 4.78 is 23.4. The van der Waals surface area contributed by atoms with Crippen molar-refractivity contribution in [1.82, 2.24) is 5.32 Å². The van der Waals surface area contributed by atoms with Gasteiger partial charge in [0.25, 0.3) is 0 Å². The molecule has 9 heteroatoms. The van der Waals surface area contributed by atoms with Crippen molar-refractivity contribution >= 4 is 13.7 Å². The van der Waals surface area contributed by atoms with Gasteiger partial charge in [0.1, 0.15) is 13.2 Å². The summed E-state index contributed by atoms with van der Waals surface area (Å²) in [4.78, 5) is 23.0. The highest BCUT2D eigenvalue weighted by Gasteiger charge is 2.27. The minimum atomic E-state index is -4.34. The number of allylic oxidation sites excluding steroid dienone is 5. The molecule has 8 nitrogen and oxygen atoms in total. The fourth-order valence-electron chi connectivity index (χ4n) is 5.52. The van der Waals surface area contributed by atoms with Gasteiger partial charge in [0.05, 0.1) is 39.9 Å². The van der Waals surface area contributed by atoms with E-state index in [4.69, 9.17) is 9.05 Å². The molecule has 50 heavy (non-hydrogen) atoms. The summed E-state index contributed by atoms with van der Waals surface area (Å²) in [7, 11) is 1.54. The van der Waals surface area contributed by atoms with Gasteiger partial charge < -0.3 is 19.8 Å². The van der Waals surface area contributed by atoms with E-state index in [1.54, 1.807) is 6.08 Å². The van der Waals surface area contributed by atoms with Gasteiger partial charge in [0, 0.05) is 6.42 Å². The molecule has 0 rings (SSSR count). The lowest BCUT2D eigenvalue weighted by molar-refractivity contribution is -0.870. The zero-order chi connectivity index (χ0) is 37.2. The van der Waals surface area contributed by atoms with Crippen molar-refractivity contribution < 1.29 is 32.9 Å². The molecule has 0 heterocycles. The van der Waals surface area contributed by atoms with Gasteiger partial charge in [0.2, 0.25) is 5.91 Å². The van der Waals surface area contributed by atoms with Crippen LogP contribution in [-0.2, 0) is 18.4 Å². The molecule has 3 unspecified atom stereocenters. The van der Waals surface area contributed by atoms with Crippen LogP contribution in [0.15, 0.2) is 36.5 Å². The number of hydrogen-bond donors (Lipinski definition) is 3. The third-order valence-corrected chi connectivity index (χ3v) is 9.82. The smallest absolute Gasteiger partial charge is 0.387 e. The molecule has 0 radical (unpaired) electrons. The summed E-state index contributed by atoms with van der Waals surface area (Å²) in [5.74, 6) is -0.206. The second kappa shape index (κ2) is 33.5. The first kappa shape index (κ1) is 48.7. The van der Waals surface area contributed by atoms with Crippen molar-refractivity contribution in [1.29, 1.82) is 0 Å². The van der Waals surface area contributed by atoms with Gasteiger partial charge in [-0.3, -0.25) is 13.8 Å². The van der Waals surface area contributed by atoms with Crippen LogP contribution in [0.3, 0.4) is 0 Å². The van der Waals surface area contributed by atoms with Crippen LogP contribution in [0.2, 0.25) is 0 Å². The Bertz CT molecular complexity index is 917. The Balaban J connectivity index is 4.59. The van der Waals surface area contributed by atoms with Gasteiger partial charge >= 0.3 is 7.82 Å². The van der Waals surface area contributed by atoms with Crippen LogP contribution in [0, 0.1) is 0 Å². The first-order valence-electron chi connectivity index (χ1n) is 20.4. The molecule has 0 aliphatic carbocycles. The monoisotopic (exact) mass is 728 g/mol. The molecular formula is C41H80N2O6P+. The number of unbranched alkanes of at least 4 members (excludes halogenated alkanes) is 19.